The van der Waals surface area contributed by atoms with Crippen LogP contribution in [0, 0.1) is 0 Å². The van der Waals surface area contributed by atoms with Crippen LogP contribution in [0.3, 0.4) is 0 Å². The number of piperidine rings is 1. The van der Waals surface area contributed by atoms with E-state index in [2.05, 4.69) is 15.4 Å². The van der Waals surface area contributed by atoms with Gasteiger partial charge in [0.05, 0.1) is 29.6 Å². The van der Waals surface area contributed by atoms with Crippen molar-refractivity contribution in [3.05, 3.63) is 77.0 Å². The van der Waals surface area contributed by atoms with Crippen molar-refractivity contribution < 1.29 is 18.3 Å². The summed E-state index contributed by atoms with van der Waals surface area (Å²) in [6, 6.07) is 12.0. The van der Waals surface area contributed by atoms with Gasteiger partial charge in [-0.25, -0.2) is 9.67 Å². The van der Waals surface area contributed by atoms with Crippen molar-refractivity contribution >= 4 is 11.0 Å². The summed E-state index contributed by atoms with van der Waals surface area (Å²) >= 11 is 0. The second-order valence-electron chi connectivity index (χ2n) is 8.57. The van der Waals surface area contributed by atoms with Crippen molar-refractivity contribution in [1.29, 1.82) is 0 Å². The highest BCUT2D eigenvalue weighted by Crippen LogP contribution is 2.32. The summed E-state index contributed by atoms with van der Waals surface area (Å²) < 4.78 is 42.0. The Bertz CT molecular complexity index is 1390. The lowest BCUT2D eigenvalue weighted by molar-refractivity contribution is -0.137. The molecule has 2 aromatic heterocycles. The van der Waals surface area contributed by atoms with Crippen LogP contribution in [0.5, 0.6) is 0 Å². The van der Waals surface area contributed by atoms with Crippen LogP contribution in [0.4, 0.5) is 13.2 Å². The lowest BCUT2D eigenvalue weighted by Crippen LogP contribution is -2.46. The van der Waals surface area contributed by atoms with Crippen LogP contribution in [-0.2, 0) is 12.7 Å². The number of alkyl halides is 3. The Hall–Kier alpha value is -3.50. The number of benzene rings is 2. The molecule has 0 amide bonds. The number of halogens is 3. The molecule has 0 atom stereocenters. The van der Waals surface area contributed by atoms with Crippen LogP contribution < -0.4 is 10.9 Å². The standard InChI is InChI=1S/C24H22F3N5O2/c25-24(26,27)18-3-1-2-17(12-18)16-4-6-19(7-5-16)32-21-20(13-30-32)22(33)31(15-29-21)14-23(34)8-10-28-11-9-23/h1-7,12-13,15,28,34H,8-11,14H2. The molecule has 0 unspecified atom stereocenters. The molecule has 0 bridgehead atoms. The molecule has 4 aromatic rings. The average Bonchev–Trinajstić information content (AvgIpc) is 3.26. The lowest BCUT2D eigenvalue weighted by Gasteiger charge is -2.32. The zero-order chi connectivity index (χ0) is 23.9. The van der Waals surface area contributed by atoms with Crippen LogP contribution in [0.1, 0.15) is 18.4 Å². The van der Waals surface area contributed by atoms with Gasteiger partial charge in [0, 0.05) is 0 Å². The van der Waals surface area contributed by atoms with Gasteiger partial charge in [-0.3, -0.25) is 9.36 Å². The van der Waals surface area contributed by atoms with E-state index in [1.165, 1.54) is 27.8 Å². The number of nitrogens with zero attached hydrogens (tertiary/aromatic N) is 4. The summed E-state index contributed by atoms with van der Waals surface area (Å²) in [5.74, 6) is 0. The van der Waals surface area contributed by atoms with Crippen LogP contribution in [-0.4, -0.2) is 43.1 Å². The normalized spacial score (nSPS) is 16.1. The minimum Gasteiger partial charge on any atom is -0.388 e. The molecule has 1 fully saturated rings. The van der Waals surface area contributed by atoms with Gasteiger partial charge in [0.15, 0.2) is 5.65 Å². The maximum absolute atomic E-state index is 13.0. The second-order valence-corrected chi connectivity index (χ2v) is 8.57. The van der Waals surface area contributed by atoms with Gasteiger partial charge < -0.3 is 10.4 Å². The fourth-order valence-electron chi connectivity index (χ4n) is 4.29. The molecule has 2 N–H and O–H groups in total. The van der Waals surface area contributed by atoms with E-state index in [1.807, 2.05) is 0 Å². The van der Waals surface area contributed by atoms with Crippen LogP contribution in [0.15, 0.2) is 65.8 Å². The van der Waals surface area contributed by atoms with Gasteiger partial charge in [-0.1, -0.05) is 24.3 Å². The number of hydrogen-bond acceptors (Lipinski definition) is 5. The first-order valence-electron chi connectivity index (χ1n) is 10.9. The van der Waals surface area contributed by atoms with Crippen molar-refractivity contribution in [3.8, 4) is 16.8 Å². The molecule has 0 saturated carbocycles. The quantitative estimate of drug-likeness (QED) is 0.479. The van der Waals surface area contributed by atoms with E-state index >= 15 is 0 Å². The molecule has 0 radical (unpaired) electrons. The van der Waals surface area contributed by atoms with E-state index in [0.717, 1.165) is 12.1 Å². The van der Waals surface area contributed by atoms with Crippen molar-refractivity contribution in [2.75, 3.05) is 13.1 Å². The third-order valence-corrected chi connectivity index (χ3v) is 6.19. The molecule has 176 valence electrons. The van der Waals surface area contributed by atoms with E-state index in [1.54, 1.807) is 30.3 Å². The van der Waals surface area contributed by atoms with E-state index < -0.39 is 17.3 Å². The van der Waals surface area contributed by atoms with Gasteiger partial charge in [0.25, 0.3) is 5.56 Å². The van der Waals surface area contributed by atoms with Gasteiger partial charge in [-0.05, 0) is 61.3 Å². The molecular formula is C24H22F3N5O2. The highest BCUT2D eigenvalue weighted by Gasteiger charge is 2.31. The van der Waals surface area contributed by atoms with Gasteiger partial charge in [0.1, 0.15) is 11.7 Å². The van der Waals surface area contributed by atoms with Gasteiger partial charge >= 0.3 is 6.18 Å². The SMILES string of the molecule is O=c1c2cnn(-c3ccc(-c4cccc(C(F)(F)F)c4)cc3)c2ncn1CC1(O)CCNCC1. The first kappa shape index (κ1) is 22.3. The number of nitrogens with one attached hydrogen (secondary N) is 1. The first-order chi connectivity index (χ1) is 16.2. The predicted molar refractivity (Wildman–Crippen MR) is 121 cm³/mol. The summed E-state index contributed by atoms with van der Waals surface area (Å²) in [6.45, 7) is 1.54. The molecule has 2 aromatic carbocycles. The highest BCUT2D eigenvalue weighted by molar-refractivity contribution is 5.75. The zero-order valence-electron chi connectivity index (χ0n) is 18.1. The molecule has 7 nitrogen and oxygen atoms in total. The summed E-state index contributed by atoms with van der Waals surface area (Å²) in [6.07, 6.45) is -0.454. The fourth-order valence-corrected chi connectivity index (χ4v) is 4.29. The van der Waals surface area contributed by atoms with Crippen molar-refractivity contribution in [2.24, 2.45) is 0 Å². The summed E-state index contributed by atoms with van der Waals surface area (Å²) in [7, 11) is 0. The number of aliphatic hydroxyl groups is 1. The number of rotatable bonds is 4. The van der Waals surface area contributed by atoms with Gasteiger partial charge in [-0.15, -0.1) is 0 Å². The van der Waals surface area contributed by atoms with E-state index in [4.69, 9.17) is 0 Å². The number of hydrogen-bond donors (Lipinski definition) is 2. The Balaban J connectivity index is 1.44. The van der Waals surface area contributed by atoms with Crippen LogP contribution in [0.2, 0.25) is 0 Å². The smallest absolute Gasteiger partial charge is 0.388 e. The third-order valence-electron chi connectivity index (χ3n) is 6.19. The van der Waals surface area contributed by atoms with Crippen LogP contribution >= 0.6 is 0 Å². The lowest BCUT2D eigenvalue weighted by atomic mass is 9.92. The molecule has 10 heteroatoms. The molecule has 1 saturated heterocycles. The maximum Gasteiger partial charge on any atom is 0.416 e. The fraction of sp³-hybridized carbons (Fsp3) is 0.292. The Morgan fingerprint density at radius 2 is 1.79 bits per heavy atom. The molecule has 34 heavy (non-hydrogen) atoms. The predicted octanol–water partition coefficient (Wildman–Crippen LogP) is 3.38. The minimum absolute atomic E-state index is 0.160. The maximum atomic E-state index is 13.0. The Morgan fingerprint density at radius 3 is 2.50 bits per heavy atom. The molecular weight excluding hydrogens is 447 g/mol. The Morgan fingerprint density at radius 1 is 1.06 bits per heavy atom. The molecule has 1 aliphatic rings. The minimum atomic E-state index is -4.41. The topological polar surface area (TPSA) is 85.0 Å². The van der Waals surface area contributed by atoms with Crippen molar-refractivity contribution in [1.82, 2.24) is 24.6 Å². The van der Waals surface area contributed by atoms with Crippen molar-refractivity contribution in [3.63, 3.8) is 0 Å². The molecule has 5 rings (SSSR count). The summed E-state index contributed by atoms with van der Waals surface area (Å²) in [5, 5.41) is 18.6. The molecule has 0 aliphatic carbocycles. The molecule has 1 aliphatic heterocycles. The van der Waals surface area contributed by atoms with E-state index in [9.17, 15) is 23.1 Å². The summed E-state index contributed by atoms with van der Waals surface area (Å²) in [4.78, 5) is 17.4. The average molecular weight is 469 g/mol. The zero-order valence-corrected chi connectivity index (χ0v) is 18.1. The number of fused-ring (bicyclic) bond motifs is 1. The Kier molecular flexibility index (Phi) is 5.49. The van der Waals surface area contributed by atoms with Gasteiger partial charge in [0.2, 0.25) is 0 Å². The second kappa shape index (κ2) is 8.37. The molecule has 3 heterocycles. The van der Waals surface area contributed by atoms with Gasteiger partial charge in [-0.2, -0.15) is 18.3 Å². The van der Waals surface area contributed by atoms with E-state index in [-0.39, 0.29) is 12.1 Å². The number of aromatic nitrogens is 4. The monoisotopic (exact) mass is 469 g/mol. The molecule has 0 spiro atoms. The van der Waals surface area contributed by atoms with Crippen LogP contribution in [0.25, 0.3) is 27.8 Å². The largest absolute Gasteiger partial charge is 0.416 e. The first-order valence-corrected chi connectivity index (χ1v) is 10.9. The van der Waals surface area contributed by atoms with E-state index in [0.29, 0.717) is 53.8 Å². The third kappa shape index (κ3) is 4.22. The summed E-state index contributed by atoms with van der Waals surface area (Å²) in [5.41, 5.74) is 0.100. The highest BCUT2D eigenvalue weighted by atomic mass is 19.4. The van der Waals surface area contributed by atoms with Crippen molar-refractivity contribution in [2.45, 2.75) is 31.2 Å². The Labute approximate surface area is 192 Å².